The molecule has 2 heterocycles. The highest BCUT2D eigenvalue weighted by molar-refractivity contribution is 6.06. The van der Waals surface area contributed by atoms with Crippen LogP contribution >= 0.6 is 0 Å². The molecule has 7 nitrogen and oxygen atoms in total. The van der Waals surface area contributed by atoms with Crippen molar-refractivity contribution in [2.75, 3.05) is 30.5 Å². The van der Waals surface area contributed by atoms with Crippen molar-refractivity contribution in [3.63, 3.8) is 0 Å². The van der Waals surface area contributed by atoms with Crippen LogP contribution in [-0.4, -0.2) is 31.6 Å². The summed E-state index contributed by atoms with van der Waals surface area (Å²) in [6.45, 7) is 0.978. The number of benzene rings is 2. The topological polar surface area (TPSA) is 85.9 Å². The van der Waals surface area contributed by atoms with E-state index < -0.39 is 0 Å². The molecule has 0 fully saturated rings. The maximum Gasteiger partial charge on any atom is 0.262 e. The Balaban J connectivity index is 1.54. The van der Waals surface area contributed by atoms with Gasteiger partial charge < -0.3 is 24.8 Å². The van der Waals surface area contributed by atoms with E-state index in [0.717, 1.165) is 0 Å². The van der Waals surface area contributed by atoms with E-state index in [9.17, 15) is 9.59 Å². The number of rotatable bonds is 2. The molecule has 2 aliphatic heterocycles. The molecule has 2 amide bonds. The van der Waals surface area contributed by atoms with Gasteiger partial charge >= 0.3 is 0 Å². The lowest BCUT2D eigenvalue weighted by Gasteiger charge is -2.19. The van der Waals surface area contributed by atoms with Crippen molar-refractivity contribution in [2.24, 2.45) is 0 Å². The first kappa shape index (κ1) is 14.4. The molecule has 2 aliphatic rings. The van der Waals surface area contributed by atoms with Gasteiger partial charge in [0.25, 0.3) is 11.8 Å². The Labute approximate surface area is 137 Å². The predicted octanol–water partition coefficient (Wildman–Crippen LogP) is 2.04. The largest absolute Gasteiger partial charge is 0.486 e. The van der Waals surface area contributed by atoms with Crippen LogP contribution in [-0.2, 0) is 4.79 Å². The van der Waals surface area contributed by atoms with E-state index in [2.05, 4.69) is 10.6 Å². The van der Waals surface area contributed by atoms with Crippen LogP contribution in [0.2, 0.25) is 0 Å². The lowest BCUT2D eigenvalue weighted by molar-refractivity contribution is -0.118. The fraction of sp³-hybridized carbons (Fsp3) is 0.176. The normalized spacial score (nSPS) is 14.9. The van der Waals surface area contributed by atoms with Crippen LogP contribution in [0.1, 0.15) is 10.4 Å². The number of anilines is 2. The van der Waals surface area contributed by atoms with Crippen LogP contribution in [0.15, 0.2) is 36.4 Å². The smallest absolute Gasteiger partial charge is 0.262 e. The van der Waals surface area contributed by atoms with Crippen molar-refractivity contribution in [1.82, 2.24) is 0 Å². The van der Waals surface area contributed by atoms with Gasteiger partial charge in [-0.15, -0.1) is 0 Å². The number of hydrogen-bond donors (Lipinski definition) is 2. The Kier molecular flexibility index (Phi) is 3.45. The van der Waals surface area contributed by atoms with E-state index in [-0.39, 0.29) is 18.4 Å². The quantitative estimate of drug-likeness (QED) is 0.882. The molecular weight excluding hydrogens is 312 g/mol. The molecule has 2 aromatic rings. The van der Waals surface area contributed by atoms with Crippen molar-refractivity contribution in [3.05, 3.63) is 42.0 Å². The summed E-state index contributed by atoms with van der Waals surface area (Å²) in [6.07, 6.45) is 0. The van der Waals surface area contributed by atoms with Crippen LogP contribution in [0.4, 0.5) is 11.4 Å². The summed E-state index contributed by atoms with van der Waals surface area (Å²) in [5, 5.41) is 5.48. The highest BCUT2D eigenvalue weighted by Gasteiger charge is 2.18. The average Bonchev–Trinajstić information content (AvgIpc) is 2.61. The number of nitrogens with one attached hydrogen (secondary N) is 2. The summed E-state index contributed by atoms with van der Waals surface area (Å²) < 4.78 is 16.2. The van der Waals surface area contributed by atoms with E-state index in [1.807, 2.05) is 0 Å². The van der Waals surface area contributed by atoms with E-state index in [0.29, 0.717) is 47.4 Å². The zero-order valence-electron chi connectivity index (χ0n) is 12.6. The first-order chi connectivity index (χ1) is 11.7. The summed E-state index contributed by atoms with van der Waals surface area (Å²) in [5.41, 5.74) is 1.50. The lowest BCUT2D eigenvalue weighted by Crippen LogP contribution is -2.25. The standard InChI is InChI=1S/C17H14N2O5/c20-16-9-24-13-3-1-10(7-12(13)19-16)17(21)18-11-2-4-14-15(8-11)23-6-5-22-14/h1-4,7-8H,5-6,9H2,(H,18,21)(H,19,20). The maximum absolute atomic E-state index is 12.4. The Morgan fingerprint density at radius 2 is 1.75 bits per heavy atom. The number of fused-ring (bicyclic) bond motifs is 2. The van der Waals surface area contributed by atoms with Crippen LogP contribution in [0.25, 0.3) is 0 Å². The predicted molar refractivity (Wildman–Crippen MR) is 86.0 cm³/mol. The van der Waals surface area contributed by atoms with Crippen molar-refractivity contribution in [1.29, 1.82) is 0 Å². The van der Waals surface area contributed by atoms with E-state index >= 15 is 0 Å². The van der Waals surface area contributed by atoms with Gasteiger partial charge in [-0.3, -0.25) is 9.59 Å². The molecule has 0 radical (unpaired) electrons. The molecule has 122 valence electrons. The Bertz CT molecular complexity index is 834. The van der Waals surface area contributed by atoms with Crippen LogP contribution in [0.5, 0.6) is 17.2 Å². The molecule has 0 atom stereocenters. The Morgan fingerprint density at radius 1 is 0.958 bits per heavy atom. The van der Waals surface area contributed by atoms with Gasteiger partial charge in [0.15, 0.2) is 18.1 Å². The maximum atomic E-state index is 12.4. The summed E-state index contributed by atoms with van der Waals surface area (Å²) in [4.78, 5) is 23.8. The molecule has 0 aromatic heterocycles. The molecule has 0 bridgehead atoms. The molecule has 24 heavy (non-hydrogen) atoms. The van der Waals surface area contributed by atoms with E-state index in [4.69, 9.17) is 14.2 Å². The molecule has 0 aliphatic carbocycles. The van der Waals surface area contributed by atoms with Crippen molar-refractivity contribution in [3.8, 4) is 17.2 Å². The number of carbonyl (C=O) groups is 2. The fourth-order valence-corrected chi connectivity index (χ4v) is 2.55. The second kappa shape index (κ2) is 5.77. The van der Waals surface area contributed by atoms with Gasteiger partial charge in [-0.1, -0.05) is 0 Å². The minimum absolute atomic E-state index is 0.0181. The van der Waals surface area contributed by atoms with E-state index in [1.54, 1.807) is 36.4 Å². The third kappa shape index (κ3) is 2.71. The molecule has 0 unspecified atom stereocenters. The molecule has 0 spiro atoms. The van der Waals surface area contributed by atoms with Gasteiger partial charge in [0, 0.05) is 17.3 Å². The SMILES string of the molecule is O=C1COc2ccc(C(=O)Nc3ccc4c(c3)OCCO4)cc2N1. The number of carbonyl (C=O) groups excluding carboxylic acids is 2. The van der Waals surface area contributed by atoms with Gasteiger partial charge in [0.2, 0.25) is 0 Å². The number of ether oxygens (including phenoxy) is 3. The van der Waals surface area contributed by atoms with Crippen LogP contribution in [0, 0.1) is 0 Å². The summed E-state index contributed by atoms with van der Waals surface area (Å²) in [5.74, 6) is 1.27. The number of amides is 2. The van der Waals surface area contributed by atoms with Gasteiger partial charge in [-0.2, -0.15) is 0 Å². The van der Waals surface area contributed by atoms with Gasteiger partial charge in [0.05, 0.1) is 5.69 Å². The molecular formula is C17H14N2O5. The lowest BCUT2D eigenvalue weighted by atomic mass is 10.1. The number of hydrogen-bond acceptors (Lipinski definition) is 5. The first-order valence-corrected chi connectivity index (χ1v) is 7.47. The minimum atomic E-state index is -0.297. The summed E-state index contributed by atoms with van der Waals surface area (Å²) in [6, 6.07) is 10.1. The van der Waals surface area contributed by atoms with Crippen LogP contribution < -0.4 is 24.8 Å². The molecule has 2 N–H and O–H groups in total. The Hall–Kier alpha value is -3.22. The third-order valence-corrected chi connectivity index (χ3v) is 3.67. The molecule has 4 rings (SSSR count). The minimum Gasteiger partial charge on any atom is -0.486 e. The van der Waals surface area contributed by atoms with Crippen molar-refractivity contribution in [2.45, 2.75) is 0 Å². The monoisotopic (exact) mass is 326 g/mol. The summed E-state index contributed by atoms with van der Waals surface area (Å²) >= 11 is 0. The molecule has 0 saturated heterocycles. The van der Waals surface area contributed by atoms with Gasteiger partial charge in [0.1, 0.15) is 19.0 Å². The van der Waals surface area contributed by atoms with Crippen LogP contribution in [0.3, 0.4) is 0 Å². The van der Waals surface area contributed by atoms with Crippen molar-refractivity contribution >= 4 is 23.2 Å². The average molecular weight is 326 g/mol. The van der Waals surface area contributed by atoms with Gasteiger partial charge in [-0.05, 0) is 30.3 Å². The molecule has 7 heteroatoms. The molecule has 2 aromatic carbocycles. The Morgan fingerprint density at radius 3 is 2.62 bits per heavy atom. The van der Waals surface area contributed by atoms with Gasteiger partial charge in [-0.25, -0.2) is 0 Å². The second-order valence-corrected chi connectivity index (χ2v) is 5.36. The molecule has 0 saturated carbocycles. The fourth-order valence-electron chi connectivity index (χ4n) is 2.55. The highest BCUT2D eigenvalue weighted by atomic mass is 16.6. The second-order valence-electron chi connectivity index (χ2n) is 5.36. The first-order valence-electron chi connectivity index (χ1n) is 7.47. The zero-order chi connectivity index (χ0) is 16.5. The highest BCUT2D eigenvalue weighted by Crippen LogP contribution is 2.33. The van der Waals surface area contributed by atoms with E-state index in [1.165, 1.54) is 0 Å². The summed E-state index contributed by atoms with van der Waals surface area (Å²) in [7, 11) is 0. The third-order valence-electron chi connectivity index (χ3n) is 3.67. The van der Waals surface area contributed by atoms with Crippen molar-refractivity contribution < 1.29 is 23.8 Å². The zero-order valence-corrected chi connectivity index (χ0v) is 12.6.